The van der Waals surface area contributed by atoms with Gasteiger partial charge in [-0.2, -0.15) is 0 Å². The number of aromatic nitrogens is 1. The lowest BCUT2D eigenvalue weighted by Gasteiger charge is -2.23. The van der Waals surface area contributed by atoms with Crippen LogP contribution in [0.4, 0.5) is 5.82 Å². The van der Waals surface area contributed by atoms with Crippen LogP contribution in [-0.4, -0.2) is 16.2 Å². The summed E-state index contributed by atoms with van der Waals surface area (Å²) >= 11 is 3.28. The summed E-state index contributed by atoms with van der Waals surface area (Å²) in [4.78, 5) is 4.07. The summed E-state index contributed by atoms with van der Waals surface area (Å²) in [5, 5.41) is 10.9. The third kappa shape index (κ3) is 2.56. The van der Waals surface area contributed by atoms with Gasteiger partial charge >= 0.3 is 0 Å². The van der Waals surface area contributed by atoms with Crippen LogP contribution in [0.1, 0.15) is 13.8 Å². The summed E-state index contributed by atoms with van der Waals surface area (Å²) in [6.07, 6.45) is 1.64. The Balaban J connectivity index is 2.84. The number of hydrogen-bond donors (Lipinski definition) is 1. The fourth-order valence-corrected chi connectivity index (χ4v) is 1.15. The minimum Gasteiger partial charge on any atom is -0.286 e. The molecule has 0 amide bonds. The summed E-state index contributed by atoms with van der Waals surface area (Å²) in [6, 6.07) is 3.43. The van der Waals surface area contributed by atoms with Crippen molar-refractivity contribution in [2.45, 2.75) is 19.9 Å². The van der Waals surface area contributed by atoms with E-state index < -0.39 is 0 Å². The van der Waals surface area contributed by atoms with Crippen molar-refractivity contribution >= 4 is 21.7 Å². The predicted octanol–water partition coefficient (Wildman–Crippen LogP) is 3.00. The minimum absolute atomic E-state index is 0.135. The number of rotatable bonds is 3. The molecule has 0 spiro atoms. The number of hydroxylamine groups is 1. The lowest BCUT2D eigenvalue weighted by molar-refractivity contribution is 0.231. The molecule has 0 fully saturated rings. The molecule has 0 saturated carbocycles. The van der Waals surface area contributed by atoms with E-state index in [9.17, 15) is 5.21 Å². The molecule has 4 heteroatoms. The molecule has 0 aromatic carbocycles. The molecule has 1 rings (SSSR count). The van der Waals surface area contributed by atoms with E-state index >= 15 is 0 Å². The Hall–Kier alpha value is -0.870. The Bertz CT molecular complexity index is 323. The van der Waals surface area contributed by atoms with Crippen LogP contribution in [0.3, 0.4) is 0 Å². The molecule has 0 aliphatic carbocycles. The second-order valence-electron chi connectivity index (χ2n) is 3.20. The van der Waals surface area contributed by atoms with Gasteiger partial charge in [-0.25, -0.2) is 10.0 Å². The molecule has 1 heterocycles. The van der Waals surface area contributed by atoms with Crippen molar-refractivity contribution in [2.75, 3.05) is 5.06 Å². The Morgan fingerprint density at radius 3 is 2.71 bits per heavy atom. The molecule has 1 aromatic rings. The molecule has 1 atom stereocenters. The van der Waals surface area contributed by atoms with Crippen molar-refractivity contribution < 1.29 is 5.21 Å². The summed E-state index contributed by atoms with van der Waals surface area (Å²) in [5.74, 6) is 0.517. The highest BCUT2D eigenvalue weighted by molar-refractivity contribution is 9.10. The van der Waals surface area contributed by atoms with Crippen molar-refractivity contribution in [3.63, 3.8) is 0 Å². The highest BCUT2D eigenvalue weighted by Crippen LogP contribution is 2.17. The second kappa shape index (κ2) is 4.57. The Morgan fingerprint density at radius 1 is 1.64 bits per heavy atom. The van der Waals surface area contributed by atoms with Crippen molar-refractivity contribution in [1.29, 1.82) is 0 Å². The highest BCUT2D eigenvalue weighted by atomic mass is 79.9. The monoisotopic (exact) mass is 256 g/mol. The van der Waals surface area contributed by atoms with Crippen LogP contribution in [0.2, 0.25) is 0 Å². The molecular weight excluding hydrogens is 244 g/mol. The average molecular weight is 257 g/mol. The standard InChI is InChI=1S/C10H13BrN2O/c1-7(2)8(3)13(14)10-5-4-9(11)6-12-10/h4-6,8,14H,1H2,2-3H3. The van der Waals surface area contributed by atoms with Crippen LogP contribution in [0.25, 0.3) is 0 Å². The van der Waals surface area contributed by atoms with Crippen LogP contribution in [0.5, 0.6) is 0 Å². The van der Waals surface area contributed by atoms with Crippen LogP contribution in [0.15, 0.2) is 35.0 Å². The van der Waals surface area contributed by atoms with E-state index in [1.807, 2.05) is 19.9 Å². The van der Waals surface area contributed by atoms with E-state index in [4.69, 9.17) is 0 Å². The Kier molecular flexibility index (Phi) is 3.66. The zero-order valence-electron chi connectivity index (χ0n) is 8.24. The molecule has 1 unspecified atom stereocenters. The first-order valence-corrected chi connectivity index (χ1v) is 5.06. The van der Waals surface area contributed by atoms with E-state index in [0.717, 1.165) is 15.1 Å². The van der Waals surface area contributed by atoms with Gasteiger partial charge in [0, 0.05) is 10.7 Å². The van der Waals surface area contributed by atoms with Crippen LogP contribution in [-0.2, 0) is 0 Å². The zero-order chi connectivity index (χ0) is 10.7. The minimum atomic E-state index is -0.135. The molecule has 3 nitrogen and oxygen atoms in total. The molecule has 0 radical (unpaired) electrons. The molecule has 0 aliphatic rings. The summed E-state index contributed by atoms with van der Waals surface area (Å²) in [6.45, 7) is 7.52. The average Bonchev–Trinajstić information content (AvgIpc) is 2.16. The van der Waals surface area contributed by atoms with Gasteiger partial charge in [0.2, 0.25) is 0 Å². The van der Waals surface area contributed by atoms with E-state index in [1.54, 1.807) is 12.3 Å². The molecule has 14 heavy (non-hydrogen) atoms. The van der Waals surface area contributed by atoms with Gasteiger partial charge in [-0.1, -0.05) is 12.2 Å². The number of nitrogens with zero attached hydrogens (tertiary/aromatic N) is 2. The maximum Gasteiger partial charge on any atom is 0.152 e. The quantitative estimate of drug-likeness (QED) is 0.668. The van der Waals surface area contributed by atoms with Crippen molar-refractivity contribution in [1.82, 2.24) is 4.98 Å². The maximum atomic E-state index is 9.75. The molecule has 1 N–H and O–H groups in total. The molecule has 0 bridgehead atoms. The van der Waals surface area contributed by atoms with Gasteiger partial charge < -0.3 is 0 Å². The van der Waals surface area contributed by atoms with E-state index in [-0.39, 0.29) is 6.04 Å². The lowest BCUT2D eigenvalue weighted by atomic mass is 10.2. The third-order valence-electron chi connectivity index (χ3n) is 2.03. The topological polar surface area (TPSA) is 36.4 Å². The second-order valence-corrected chi connectivity index (χ2v) is 4.12. The summed E-state index contributed by atoms with van der Waals surface area (Å²) < 4.78 is 0.887. The Labute approximate surface area is 92.2 Å². The molecule has 76 valence electrons. The Morgan fingerprint density at radius 2 is 2.29 bits per heavy atom. The van der Waals surface area contributed by atoms with Crippen LogP contribution < -0.4 is 5.06 Å². The molecule has 0 saturated heterocycles. The number of hydrogen-bond acceptors (Lipinski definition) is 3. The molecule has 1 aromatic heterocycles. The molecule has 0 aliphatic heterocycles. The maximum absolute atomic E-state index is 9.75. The highest BCUT2D eigenvalue weighted by Gasteiger charge is 2.13. The molecular formula is C10H13BrN2O. The van der Waals surface area contributed by atoms with Gasteiger partial charge in [0.1, 0.15) is 0 Å². The lowest BCUT2D eigenvalue weighted by Crippen LogP contribution is -2.30. The predicted molar refractivity (Wildman–Crippen MR) is 60.5 cm³/mol. The van der Waals surface area contributed by atoms with E-state index in [1.165, 1.54) is 0 Å². The normalized spacial score (nSPS) is 12.3. The largest absolute Gasteiger partial charge is 0.286 e. The fraction of sp³-hybridized carbons (Fsp3) is 0.300. The van der Waals surface area contributed by atoms with Gasteiger partial charge in [-0.15, -0.1) is 0 Å². The summed E-state index contributed by atoms with van der Waals surface area (Å²) in [7, 11) is 0. The van der Waals surface area contributed by atoms with Crippen LogP contribution >= 0.6 is 15.9 Å². The fourth-order valence-electron chi connectivity index (χ4n) is 0.911. The number of pyridine rings is 1. The van der Waals surface area contributed by atoms with Gasteiger partial charge in [-0.3, -0.25) is 5.21 Å². The first-order valence-electron chi connectivity index (χ1n) is 4.27. The number of halogens is 1. The van der Waals surface area contributed by atoms with Gasteiger partial charge in [-0.05, 0) is 41.9 Å². The van der Waals surface area contributed by atoms with Crippen LogP contribution in [0, 0.1) is 0 Å². The third-order valence-corrected chi connectivity index (χ3v) is 2.50. The van der Waals surface area contributed by atoms with Gasteiger partial charge in [0.05, 0.1) is 6.04 Å². The zero-order valence-corrected chi connectivity index (χ0v) is 9.82. The summed E-state index contributed by atoms with van der Waals surface area (Å²) in [5.41, 5.74) is 0.886. The first-order chi connectivity index (χ1) is 6.52. The van der Waals surface area contributed by atoms with Gasteiger partial charge in [0.25, 0.3) is 0 Å². The van der Waals surface area contributed by atoms with E-state index in [0.29, 0.717) is 5.82 Å². The van der Waals surface area contributed by atoms with Crippen molar-refractivity contribution in [3.8, 4) is 0 Å². The SMILES string of the molecule is C=C(C)C(C)N(O)c1ccc(Br)cn1. The van der Waals surface area contributed by atoms with Crippen molar-refractivity contribution in [3.05, 3.63) is 35.0 Å². The van der Waals surface area contributed by atoms with Crippen molar-refractivity contribution in [2.24, 2.45) is 0 Å². The first kappa shape index (κ1) is 11.2. The smallest absolute Gasteiger partial charge is 0.152 e. The number of anilines is 1. The van der Waals surface area contributed by atoms with E-state index in [2.05, 4.69) is 27.5 Å². The van der Waals surface area contributed by atoms with Gasteiger partial charge in [0.15, 0.2) is 5.82 Å².